The molecule has 1 aliphatic carbocycles. The lowest BCUT2D eigenvalue weighted by Crippen LogP contribution is -2.50. The number of nitrogens with zero attached hydrogens (tertiary/aromatic N) is 4. The number of rotatable bonds is 5. The Labute approximate surface area is 197 Å². The van der Waals surface area contributed by atoms with Crippen LogP contribution in [0, 0.1) is 6.92 Å². The molecule has 0 unspecified atom stereocenters. The van der Waals surface area contributed by atoms with Crippen LogP contribution < -0.4 is 4.74 Å². The summed E-state index contributed by atoms with van der Waals surface area (Å²) in [7, 11) is 0. The molecule has 0 bridgehead atoms. The minimum atomic E-state index is -4.77. The molecular weight excluding hydrogens is 445 g/mol. The molecule has 6 nitrogen and oxygen atoms in total. The molecule has 1 aromatic carbocycles. The maximum absolute atomic E-state index is 13.8. The molecule has 3 heterocycles. The van der Waals surface area contributed by atoms with Gasteiger partial charge in [-0.15, -0.1) is 13.2 Å². The average molecular weight is 477 g/mol. The molecule has 3 fully saturated rings. The highest BCUT2D eigenvalue weighted by Gasteiger charge is 2.39. The highest BCUT2D eigenvalue weighted by atomic mass is 19.4. The van der Waals surface area contributed by atoms with E-state index in [4.69, 9.17) is 0 Å². The molecule has 1 aromatic heterocycles. The van der Waals surface area contributed by atoms with Crippen molar-refractivity contribution in [3.8, 4) is 11.4 Å². The van der Waals surface area contributed by atoms with Gasteiger partial charge in [0, 0.05) is 30.6 Å². The number of piperidine rings is 1. The lowest BCUT2D eigenvalue weighted by atomic mass is 9.95. The Morgan fingerprint density at radius 2 is 1.85 bits per heavy atom. The van der Waals surface area contributed by atoms with Gasteiger partial charge >= 0.3 is 6.36 Å². The zero-order valence-corrected chi connectivity index (χ0v) is 19.6. The second-order valence-corrected chi connectivity index (χ2v) is 9.85. The summed E-state index contributed by atoms with van der Waals surface area (Å²) in [5, 5.41) is 4.62. The fraction of sp³-hybridized carbons (Fsp3) is 0.600. The van der Waals surface area contributed by atoms with Crippen LogP contribution in [-0.4, -0.2) is 63.6 Å². The summed E-state index contributed by atoms with van der Waals surface area (Å²) in [6.07, 6.45) is 1.56. The summed E-state index contributed by atoms with van der Waals surface area (Å²) >= 11 is 0. The third-order valence-corrected chi connectivity index (χ3v) is 7.34. The number of halogens is 3. The molecule has 5 rings (SSSR count). The second-order valence-electron chi connectivity index (χ2n) is 9.85. The van der Waals surface area contributed by atoms with E-state index in [1.165, 1.54) is 31.0 Å². The third kappa shape index (κ3) is 4.67. The molecule has 34 heavy (non-hydrogen) atoms. The van der Waals surface area contributed by atoms with Crippen LogP contribution in [0.4, 0.5) is 13.2 Å². The van der Waals surface area contributed by atoms with Gasteiger partial charge in [-0.3, -0.25) is 4.79 Å². The lowest BCUT2D eigenvalue weighted by molar-refractivity contribution is -0.274. The van der Waals surface area contributed by atoms with Crippen LogP contribution in [0.3, 0.4) is 0 Å². The fourth-order valence-electron chi connectivity index (χ4n) is 5.58. The van der Waals surface area contributed by atoms with Gasteiger partial charge in [-0.1, -0.05) is 6.07 Å². The van der Waals surface area contributed by atoms with Crippen molar-refractivity contribution in [1.29, 1.82) is 0 Å². The van der Waals surface area contributed by atoms with Gasteiger partial charge in [0.1, 0.15) is 5.75 Å². The van der Waals surface area contributed by atoms with E-state index in [0.717, 1.165) is 44.5 Å². The monoisotopic (exact) mass is 476 g/mol. The predicted octanol–water partition coefficient (Wildman–Crippen LogP) is 5.05. The molecule has 2 atom stereocenters. The van der Waals surface area contributed by atoms with Gasteiger partial charge in [-0.2, -0.15) is 5.10 Å². The summed E-state index contributed by atoms with van der Waals surface area (Å²) in [4.78, 5) is 18.3. The van der Waals surface area contributed by atoms with E-state index in [1.807, 2.05) is 11.8 Å². The first kappa shape index (κ1) is 23.2. The molecule has 2 aromatic rings. The van der Waals surface area contributed by atoms with E-state index >= 15 is 0 Å². The number of aromatic nitrogens is 2. The first-order chi connectivity index (χ1) is 16.2. The van der Waals surface area contributed by atoms with Crippen molar-refractivity contribution in [2.75, 3.05) is 19.6 Å². The first-order valence-electron chi connectivity index (χ1n) is 12.2. The van der Waals surface area contributed by atoms with Crippen LogP contribution in [0.1, 0.15) is 73.1 Å². The molecule has 0 radical (unpaired) electrons. The van der Waals surface area contributed by atoms with Crippen molar-refractivity contribution in [3.05, 3.63) is 41.2 Å². The fourth-order valence-corrected chi connectivity index (χ4v) is 5.58. The van der Waals surface area contributed by atoms with Crippen LogP contribution in [0.2, 0.25) is 0 Å². The normalized spacial score (nSPS) is 24.0. The van der Waals surface area contributed by atoms with Crippen molar-refractivity contribution >= 4 is 5.91 Å². The maximum atomic E-state index is 13.8. The van der Waals surface area contributed by atoms with Gasteiger partial charge in [0.25, 0.3) is 5.91 Å². The molecule has 184 valence electrons. The van der Waals surface area contributed by atoms with Crippen molar-refractivity contribution in [3.63, 3.8) is 0 Å². The number of amides is 1. The Kier molecular flexibility index (Phi) is 6.08. The zero-order chi connectivity index (χ0) is 24.0. The van der Waals surface area contributed by atoms with E-state index < -0.39 is 6.36 Å². The minimum absolute atomic E-state index is 0.0132. The number of hydrogen-bond acceptors (Lipinski definition) is 4. The number of aryl methyl sites for hydroxylation is 1. The molecule has 1 saturated carbocycles. The Bertz CT molecular complexity index is 1060. The van der Waals surface area contributed by atoms with Gasteiger partial charge in [0.15, 0.2) is 0 Å². The standard InChI is InChI=1S/C25H31F3N4O2/c1-16-14-19(30-11-3-4-12-30)10-13-31(16)24(33)22-17(2)29-32(23(22)18-8-9-18)20-6-5-7-21(15-20)34-25(26,27)28/h5-7,15-16,18-19H,3-4,8-14H2,1-2H3/t16-,19-/m0/s1. The first-order valence-corrected chi connectivity index (χ1v) is 12.2. The quantitative estimate of drug-likeness (QED) is 0.606. The van der Waals surface area contributed by atoms with Gasteiger partial charge < -0.3 is 14.5 Å². The number of ether oxygens (including phenoxy) is 1. The van der Waals surface area contributed by atoms with Gasteiger partial charge in [0.05, 0.1) is 22.6 Å². The Morgan fingerprint density at radius 1 is 1.12 bits per heavy atom. The Morgan fingerprint density at radius 3 is 2.50 bits per heavy atom. The van der Waals surface area contributed by atoms with Crippen LogP contribution in [0.25, 0.3) is 5.69 Å². The number of benzene rings is 1. The van der Waals surface area contributed by atoms with Crippen LogP contribution in [0.5, 0.6) is 5.75 Å². The zero-order valence-electron chi connectivity index (χ0n) is 19.6. The van der Waals surface area contributed by atoms with Crippen LogP contribution in [-0.2, 0) is 0 Å². The van der Waals surface area contributed by atoms with E-state index in [9.17, 15) is 18.0 Å². The summed E-state index contributed by atoms with van der Waals surface area (Å²) in [6.45, 7) is 6.95. The smallest absolute Gasteiger partial charge is 0.406 e. The number of alkyl halides is 3. The highest BCUT2D eigenvalue weighted by Crippen LogP contribution is 2.44. The highest BCUT2D eigenvalue weighted by molar-refractivity contribution is 5.97. The summed E-state index contributed by atoms with van der Waals surface area (Å²) < 4.78 is 44.0. The van der Waals surface area contributed by atoms with E-state index in [2.05, 4.69) is 21.7 Å². The van der Waals surface area contributed by atoms with Gasteiger partial charge in [-0.25, -0.2) is 4.68 Å². The SMILES string of the molecule is Cc1nn(-c2cccc(OC(F)(F)F)c2)c(C2CC2)c1C(=O)N1CC[C@H](N2CCCC2)C[C@@H]1C. The summed E-state index contributed by atoms with van der Waals surface area (Å²) in [5.41, 5.74) is 2.49. The third-order valence-electron chi connectivity index (χ3n) is 7.34. The largest absolute Gasteiger partial charge is 0.573 e. The molecule has 2 saturated heterocycles. The Balaban J connectivity index is 1.42. The topological polar surface area (TPSA) is 50.6 Å². The minimum Gasteiger partial charge on any atom is -0.406 e. The molecule has 3 aliphatic rings. The molecule has 0 N–H and O–H groups in total. The molecule has 9 heteroatoms. The van der Waals surface area contributed by atoms with Crippen molar-refractivity contribution in [2.45, 2.75) is 76.7 Å². The summed E-state index contributed by atoms with van der Waals surface area (Å²) in [6, 6.07) is 6.46. The second kappa shape index (κ2) is 8.91. The van der Waals surface area contributed by atoms with E-state index in [-0.39, 0.29) is 23.6 Å². The number of carbonyl (C=O) groups excluding carboxylic acids is 1. The van der Waals surface area contributed by atoms with Crippen molar-refractivity contribution < 1.29 is 22.7 Å². The molecular formula is C25H31F3N4O2. The summed E-state index contributed by atoms with van der Waals surface area (Å²) in [5.74, 6) is -0.129. The van der Waals surface area contributed by atoms with E-state index in [1.54, 1.807) is 10.7 Å². The van der Waals surface area contributed by atoms with Crippen LogP contribution >= 0.6 is 0 Å². The van der Waals surface area contributed by atoms with Crippen LogP contribution in [0.15, 0.2) is 24.3 Å². The van der Waals surface area contributed by atoms with Gasteiger partial charge in [0.2, 0.25) is 0 Å². The molecule has 0 spiro atoms. The maximum Gasteiger partial charge on any atom is 0.573 e. The lowest BCUT2D eigenvalue weighted by Gasteiger charge is -2.41. The molecule has 1 amide bonds. The number of likely N-dealkylation sites (tertiary alicyclic amines) is 2. The average Bonchev–Trinajstić information content (AvgIpc) is 3.34. The van der Waals surface area contributed by atoms with Crippen molar-refractivity contribution in [2.24, 2.45) is 0 Å². The Hall–Kier alpha value is -2.55. The van der Waals surface area contributed by atoms with Crippen molar-refractivity contribution in [1.82, 2.24) is 19.6 Å². The predicted molar refractivity (Wildman–Crippen MR) is 121 cm³/mol. The van der Waals surface area contributed by atoms with Gasteiger partial charge in [-0.05, 0) is 77.6 Å². The number of carbonyl (C=O) groups is 1. The molecule has 2 aliphatic heterocycles. The van der Waals surface area contributed by atoms with E-state index in [0.29, 0.717) is 29.5 Å². The number of hydrogen-bond donors (Lipinski definition) is 0.